The highest BCUT2D eigenvalue weighted by atomic mass is 35.5. The highest BCUT2D eigenvalue weighted by molar-refractivity contribution is 6.36. The van der Waals surface area contributed by atoms with Crippen LogP contribution in [0.15, 0.2) is 18.2 Å². The van der Waals surface area contributed by atoms with Crippen LogP contribution in [0.5, 0.6) is 11.5 Å². The highest BCUT2D eigenvalue weighted by Gasteiger charge is 2.17. The molecule has 0 aliphatic carbocycles. The molecule has 0 N–H and O–H groups in total. The molecule has 0 atom stereocenters. The Hall–Kier alpha value is -2.01. The summed E-state index contributed by atoms with van der Waals surface area (Å²) in [7, 11) is 4.87. The van der Waals surface area contributed by atoms with Crippen molar-refractivity contribution < 1.29 is 14.3 Å². The van der Waals surface area contributed by atoms with E-state index in [0.717, 1.165) is 5.39 Å². The summed E-state index contributed by atoms with van der Waals surface area (Å²) in [6.45, 7) is 2.36. The smallest absolute Gasteiger partial charge is 0.272 e. The average Bonchev–Trinajstić information content (AvgIpc) is 2.47. The maximum Gasteiger partial charge on any atom is 0.272 e. The van der Waals surface area contributed by atoms with Crippen LogP contribution in [0.2, 0.25) is 5.02 Å². The van der Waals surface area contributed by atoms with Crippen LogP contribution in [-0.2, 0) is 0 Å². The number of carbonyl (C=O) groups excluding carboxylic acids is 1. The van der Waals surface area contributed by atoms with Gasteiger partial charge >= 0.3 is 0 Å². The van der Waals surface area contributed by atoms with E-state index in [0.29, 0.717) is 28.6 Å². The number of pyridine rings is 1. The van der Waals surface area contributed by atoms with E-state index in [1.54, 1.807) is 26.2 Å². The first kappa shape index (κ1) is 15.4. The molecule has 21 heavy (non-hydrogen) atoms. The van der Waals surface area contributed by atoms with Gasteiger partial charge in [0.15, 0.2) is 0 Å². The van der Waals surface area contributed by atoms with E-state index >= 15 is 0 Å². The van der Waals surface area contributed by atoms with Crippen molar-refractivity contribution in [1.82, 2.24) is 9.88 Å². The Balaban J connectivity index is 2.74. The minimum atomic E-state index is -0.211. The molecular weight excluding hydrogens is 292 g/mol. The van der Waals surface area contributed by atoms with Crippen molar-refractivity contribution in [3.63, 3.8) is 0 Å². The van der Waals surface area contributed by atoms with Gasteiger partial charge in [-0.05, 0) is 19.1 Å². The van der Waals surface area contributed by atoms with Crippen LogP contribution < -0.4 is 9.47 Å². The van der Waals surface area contributed by atoms with Crippen molar-refractivity contribution in [2.24, 2.45) is 0 Å². The van der Waals surface area contributed by atoms with E-state index in [1.165, 1.54) is 12.0 Å². The predicted octanol–water partition coefficient (Wildman–Crippen LogP) is 3.00. The molecule has 0 saturated carbocycles. The lowest BCUT2D eigenvalue weighted by Crippen LogP contribution is -2.22. The molecule has 112 valence electrons. The summed E-state index contributed by atoms with van der Waals surface area (Å²) in [6, 6.07) is 5.21. The Kier molecular flexibility index (Phi) is 4.53. The molecule has 1 amide bonds. The third kappa shape index (κ3) is 2.88. The molecule has 2 aromatic rings. The molecule has 0 radical (unpaired) electrons. The topological polar surface area (TPSA) is 51.7 Å². The van der Waals surface area contributed by atoms with Crippen molar-refractivity contribution >= 4 is 28.4 Å². The molecular formula is C15H17ClN2O3. The van der Waals surface area contributed by atoms with Gasteiger partial charge in [0, 0.05) is 25.5 Å². The van der Waals surface area contributed by atoms with Crippen LogP contribution in [0.25, 0.3) is 10.9 Å². The first-order valence-electron chi connectivity index (χ1n) is 6.51. The molecule has 0 aliphatic heterocycles. The summed E-state index contributed by atoms with van der Waals surface area (Å²) in [5.74, 6) is 0.877. The number of fused-ring (bicyclic) bond motifs is 1. The van der Waals surface area contributed by atoms with E-state index in [2.05, 4.69) is 4.98 Å². The minimum Gasteiger partial charge on any atom is -0.495 e. The molecule has 6 heteroatoms. The molecule has 0 spiro atoms. The number of hydrogen-bond donors (Lipinski definition) is 0. The highest BCUT2D eigenvalue weighted by Crippen LogP contribution is 2.36. The van der Waals surface area contributed by atoms with Gasteiger partial charge in [0.2, 0.25) is 0 Å². The second kappa shape index (κ2) is 6.18. The SMILES string of the molecule is CCOc1cc(C(=O)N(C)C)nc2c(Cl)c(OC)ccc12. The lowest BCUT2D eigenvalue weighted by atomic mass is 10.1. The molecule has 2 rings (SSSR count). The van der Waals surface area contributed by atoms with Crippen LogP contribution >= 0.6 is 11.6 Å². The molecule has 1 aromatic carbocycles. The van der Waals surface area contributed by atoms with Gasteiger partial charge in [-0.25, -0.2) is 4.98 Å². The van der Waals surface area contributed by atoms with E-state index in [9.17, 15) is 4.79 Å². The molecule has 0 bridgehead atoms. The number of methoxy groups -OCH3 is 1. The van der Waals surface area contributed by atoms with Crippen molar-refractivity contribution in [2.45, 2.75) is 6.92 Å². The van der Waals surface area contributed by atoms with Crippen LogP contribution in [0.4, 0.5) is 0 Å². The van der Waals surface area contributed by atoms with Gasteiger partial charge in [-0.2, -0.15) is 0 Å². The lowest BCUT2D eigenvalue weighted by molar-refractivity contribution is 0.0822. The van der Waals surface area contributed by atoms with Crippen LogP contribution in [0.3, 0.4) is 0 Å². The number of aromatic nitrogens is 1. The molecule has 0 saturated heterocycles. The van der Waals surface area contributed by atoms with E-state index in [1.807, 2.05) is 13.0 Å². The first-order valence-corrected chi connectivity index (χ1v) is 6.89. The summed E-state index contributed by atoms with van der Waals surface area (Å²) in [5.41, 5.74) is 0.776. The second-order valence-corrected chi connectivity index (χ2v) is 4.99. The third-order valence-electron chi connectivity index (χ3n) is 2.99. The summed E-state index contributed by atoms with van der Waals surface area (Å²) in [5, 5.41) is 1.11. The Labute approximate surface area is 128 Å². The molecule has 0 fully saturated rings. The number of hydrogen-bond acceptors (Lipinski definition) is 4. The number of amides is 1. The zero-order valence-electron chi connectivity index (χ0n) is 12.4. The number of rotatable bonds is 4. The van der Waals surface area contributed by atoms with E-state index in [-0.39, 0.29) is 11.6 Å². The predicted molar refractivity (Wildman–Crippen MR) is 82.5 cm³/mol. The van der Waals surface area contributed by atoms with Gasteiger partial charge in [0.05, 0.1) is 19.2 Å². The largest absolute Gasteiger partial charge is 0.495 e. The van der Waals surface area contributed by atoms with Gasteiger partial charge in [-0.15, -0.1) is 0 Å². The average molecular weight is 309 g/mol. The summed E-state index contributed by atoms with van der Waals surface area (Å²) in [6.07, 6.45) is 0. The van der Waals surface area contributed by atoms with Crippen molar-refractivity contribution in [1.29, 1.82) is 0 Å². The minimum absolute atomic E-state index is 0.211. The number of benzene rings is 1. The normalized spacial score (nSPS) is 10.5. The lowest BCUT2D eigenvalue weighted by Gasteiger charge is -2.14. The number of carbonyl (C=O) groups is 1. The Morgan fingerprint density at radius 1 is 1.33 bits per heavy atom. The summed E-state index contributed by atoms with van der Waals surface area (Å²) in [4.78, 5) is 18.0. The van der Waals surface area contributed by atoms with Gasteiger partial charge < -0.3 is 14.4 Å². The van der Waals surface area contributed by atoms with Crippen molar-refractivity contribution in [3.8, 4) is 11.5 Å². The van der Waals surface area contributed by atoms with Crippen LogP contribution in [-0.4, -0.2) is 43.6 Å². The molecule has 0 unspecified atom stereocenters. The Morgan fingerprint density at radius 3 is 2.62 bits per heavy atom. The van der Waals surface area contributed by atoms with Gasteiger partial charge in [0.25, 0.3) is 5.91 Å². The molecule has 5 nitrogen and oxygen atoms in total. The molecule has 1 heterocycles. The van der Waals surface area contributed by atoms with Crippen LogP contribution in [0, 0.1) is 0 Å². The molecule has 1 aromatic heterocycles. The Bertz CT molecular complexity index is 686. The van der Waals surface area contributed by atoms with Crippen molar-refractivity contribution in [3.05, 3.63) is 28.9 Å². The summed E-state index contributed by atoms with van der Waals surface area (Å²) >= 11 is 6.30. The van der Waals surface area contributed by atoms with Crippen LogP contribution in [0.1, 0.15) is 17.4 Å². The fourth-order valence-electron chi connectivity index (χ4n) is 1.98. The standard InChI is InChI=1S/C15H17ClN2O3/c1-5-21-12-8-10(15(19)18(2)3)17-14-9(12)6-7-11(20-4)13(14)16/h6-8H,5H2,1-4H3. The van der Waals surface area contributed by atoms with Gasteiger partial charge in [-0.3, -0.25) is 4.79 Å². The van der Waals surface area contributed by atoms with Gasteiger partial charge in [0.1, 0.15) is 22.2 Å². The number of ether oxygens (including phenoxy) is 2. The monoisotopic (exact) mass is 308 g/mol. The molecule has 0 aliphatic rings. The van der Waals surface area contributed by atoms with Crippen molar-refractivity contribution in [2.75, 3.05) is 27.8 Å². The third-order valence-corrected chi connectivity index (χ3v) is 3.36. The zero-order chi connectivity index (χ0) is 15.6. The summed E-state index contributed by atoms with van der Waals surface area (Å²) < 4.78 is 10.8. The number of halogens is 1. The zero-order valence-corrected chi connectivity index (χ0v) is 13.2. The first-order chi connectivity index (χ1) is 9.99. The Morgan fingerprint density at radius 2 is 2.05 bits per heavy atom. The number of nitrogens with zero attached hydrogens (tertiary/aromatic N) is 2. The quantitative estimate of drug-likeness (QED) is 0.871. The second-order valence-electron chi connectivity index (χ2n) is 4.62. The maximum absolute atomic E-state index is 12.1. The fourth-order valence-corrected chi connectivity index (χ4v) is 2.26. The fraction of sp³-hybridized carbons (Fsp3) is 0.333. The van der Waals surface area contributed by atoms with Gasteiger partial charge in [-0.1, -0.05) is 11.6 Å². The van der Waals surface area contributed by atoms with E-state index in [4.69, 9.17) is 21.1 Å². The van der Waals surface area contributed by atoms with E-state index < -0.39 is 0 Å². The maximum atomic E-state index is 12.1.